The number of carbonyl (C=O) groups excluding carboxylic acids is 4. The summed E-state index contributed by atoms with van der Waals surface area (Å²) in [6.07, 6.45) is 1.45. The van der Waals surface area contributed by atoms with Crippen LogP contribution < -0.4 is 0 Å². The van der Waals surface area contributed by atoms with Gasteiger partial charge in [-0.25, -0.2) is 19.2 Å². The third-order valence-corrected chi connectivity index (χ3v) is 6.95. The van der Waals surface area contributed by atoms with Crippen LogP contribution in [0.3, 0.4) is 0 Å². The summed E-state index contributed by atoms with van der Waals surface area (Å²) in [5.74, 6) is -2.44. The van der Waals surface area contributed by atoms with Crippen LogP contribution in [0.5, 0.6) is 0 Å². The Kier molecular flexibility index (Phi) is 10.4. The van der Waals surface area contributed by atoms with Gasteiger partial charge in [-0.05, 0) is 61.1 Å². The van der Waals surface area contributed by atoms with Crippen LogP contribution in [0.4, 0.5) is 0 Å². The van der Waals surface area contributed by atoms with Crippen molar-refractivity contribution in [1.29, 1.82) is 0 Å². The molecule has 2 aromatic carbocycles. The van der Waals surface area contributed by atoms with E-state index in [4.69, 9.17) is 19.4 Å². The number of hydrogen-bond acceptors (Lipinski definition) is 12. The molecule has 0 unspecified atom stereocenters. The van der Waals surface area contributed by atoms with E-state index in [1.54, 1.807) is 13.8 Å². The summed E-state index contributed by atoms with van der Waals surface area (Å²) in [5, 5.41) is 15.7. The average Bonchev–Trinajstić information content (AvgIpc) is 3.23. The molecular formula is C31H34N4O8. The predicted molar refractivity (Wildman–Crippen MR) is 160 cm³/mol. The van der Waals surface area contributed by atoms with Gasteiger partial charge in [-0.15, -0.1) is 0 Å². The van der Waals surface area contributed by atoms with Crippen LogP contribution >= 0.6 is 0 Å². The topological polar surface area (TPSA) is 155 Å². The van der Waals surface area contributed by atoms with Crippen LogP contribution in [0.25, 0.3) is 11.1 Å². The zero-order chi connectivity index (χ0) is 31.9. The summed E-state index contributed by atoms with van der Waals surface area (Å²) in [6.45, 7) is 12.3. The van der Waals surface area contributed by atoms with Crippen LogP contribution in [-0.2, 0) is 43.9 Å². The van der Waals surface area contributed by atoms with E-state index in [1.165, 1.54) is 27.7 Å². The fourth-order valence-corrected chi connectivity index (χ4v) is 5.03. The van der Waals surface area contributed by atoms with Crippen LogP contribution in [0.1, 0.15) is 90.5 Å². The highest BCUT2D eigenvalue weighted by molar-refractivity contribution is 6.48. The lowest BCUT2D eigenvalue weighted by molar-refractivity contribution is -0.142. The normalized spacial score (nSPS) is 14.4. The highest BCUT2D eigenvalue weighted by Crippen LogP contribution is 2.53. The quantitative estimate of drug-likeness (QED) is 0.208. The van der Waals surface area contributed by atoms with Gasteiger partial charge < -0.3 is 19.4 Å². The van der Waals surface area contributed by atoms with E-state index in [-0.39, 0.29) is 22.8 Å². The zero-order valence-electron chi connectivity index (χ0n) is 25.4. The molecule has 12 nitrogen and oxygen atoms in total. The van der Waals surface area contributed by atoms with E-state index in [9.17, 15) is 19.2 Å². The molecule has 0 heterocycles. The third-order valence-electron chi connectivity index (χ3n) is 6.95. The number of oxime groups is 4. The maximum absolute atomic E-state index is 11.6. The monoisotopic (exact) mass is 590 g/mol. The molecule has 12 heteroatoms. The number of hydrogen-bond donors (Lipinski definition) is 0. The van der Waals surface area contributed by atoms with Gasteiger partial charge in [0.2, 0.25) is 0 Å². The van der Waals surface area contributed by atoms with Crippen molar-refractivity contribution in [3.63, 3.8) is 0 Å². The summed E-state index contributed by atoms with van der Waals surface area (Å²) in [4.78, 5) is 65.4. The molecule has 43 heavy (non-hydrogen) atoms. The van der Waals surface area contributed by atoms with Gasteiger partial charge in [0.25, 0.3) is 0 Å². The van der Waals surface area contributed by atoms with Gasteiger partial charge in [0, 0.05) is 44.2 Å². The molecule has 0 bridgehead atoms. The van der Waals surface area contributed by atoms with Crippen molar-refractivity contribution in [1.82, 2.24) is 0 Å². The molecule has 1 aliphatic rings. The lowest BCUT2D eigenvalue weighted by Gasteiger charge is -2.30. The molecule has 0 saturated heterocycles. The lowest BCUT2D eigenvalue weighted by Crippen LogP contribution is -2.25. The first-order valence-corrected chi connectivity index (χ1v) is 13.6. The minimum Gasteiger partial charge on any atom is -0.318 e. The highest BCUT2D eigenvalue weighted by atomic mass is 16.7. The number of carbonyl (C=O) groups is 4. The van der Waals surface area contributed by atoms with Gasteiger partial charge in [-0.2, -0.15) is 0 Å². The third kappa shape index (κ3) is 7.26. The zero-order valence-corrected chi connectivity index (χ0v) is 25.4. The smallest absolute Gasteiger partial charge is 0.318 e. The maximum atomic E-state index is 11.6. The van der Waals surface area contributed by atoms with Crippen molar-refractivity contribution in [2.75, 3.05) is 0 Å². The fraction of sp³-hybridized carbons (Fsp3) is 0.355. The van der Waals surface area contributed by atoms with E-state index in [2.05, 4.69) is 34.5 Å². The lowest BCUT2D eigenvalue weighted by atomic mass is 9.73. The summed E-state index contributed by atoms with van der Waals surface area (Å²) in [6, 6.07) is 11.5. The van der Waals surface area contributed by atoms with Crippen LogP contribution in [0.2, 0.25) is 0 Å². The number of rotatable bonds is 10. The first-order valence-electron chi connectivity index (χ1n) is 13.6. The molecule has 0 N–H and O–H groups in total. The van der Waals surface area contributed by atoms with E-state index < -0.39 is 29.3 Å². The van der Waals surface area contributed by atoms with Crippen LogP contribution in [0.15, 0.2) is 57.0 Å². The van der Waals surface area contributed by atoms with Crippen LogP contribution in [-0.4, -0.2) is 46.7 Å². The SMILES string of the molecule is CCC1(CC)c2cc(C(=N/OC(C)=O)/C(C)=N/OC(C)=O)ccc2-c2ccc(C(=N/OC(C)=O)/C(C)=N/OC(C)=O)cc21. The summed E-state index contributed by atoms with van der Waals surface area (Å²) < 4.78 is 0. The number of benzene rings is 2. The summed E-state index contributed by atoms with van der Waals surface area (Å²) >= 11 is 0. The van der Waals surface area contributed by atoms with Crippen LogP contribution in [0, 0.1) is 0 Å². The van der Waals surface area contributed by atoms with E-state index in [0.29, 0.717) is 11.1 Å². The molecule has 0 fully saturated rings. The predicted octanol–water partition coefficient (Wildman–Crippen LogP) is 5.19. The largest absolute Gasteiger partial charge is 0.332 e. The van der Waals surface area contributed by atoms with Gasteiger partial charge in [-0.1, -0.05) is 58.7 Å². The van der Waals surface area contributed by atoms with Crippen molar-refractivity contribution in [3.8, 4) is 11.1 Å². The Hall–Kier alpha value is -5.00. The molecule has 3 rings (SSSR count). The first kappa shape index (κ1) is 32.5. The van der Waals surface area contributed by atoms with Crippen molar-refractivity contribution in [2.45, 2.75) is 73.6 Å². The van der Waals surface area contributed by atoms with Crippen molar-refractivity contribution >= 4 is 46.7 Å². The molecule has 0 aliphatic heterocycles. The van der Waals surface area contributed by atoms with Gasteiger partial charge in [0.1, 0.15) is 22.8 Å². The minimum atomic E-state index is -0.617. The first-order chi connectivity index (χ1) is 20.3. The average molecular weight is 591 g/mol. The Morgan fingerprint density at radius 3 is 1.19 bits per heavy atom. The number of fused-ring (bicyclic) bond motifs is 3. The Labute approximate surface area is 249 Å². The number of nitrogens with zero attached hydrogens (tertiary/aromatic N) is 4. The standard InChI is InChI=1S/C31H34N4O8/c1-9-31(10-2)27-15-23(29(34-42-21(7)38)17(3)32-40-19(5)36)11-13-25(27)26-14-12-24(16-28(26)31)30(35-43-22(8)39)18(4)33-41-20(6)37/h11-16H,9-10H2,1-8H3/b32-17+,33-18+,34-29+,35-30+. The molecule has 226 valence electrons. The molecular weight excluding hydrogens is 556 g/mol. The second kappa shape index (κ2) is 13.8. The Bertz CT molecular complexity index is 1470. The minimum absolute atomic E-state index is 0.227. The van der Waals surface area contributed by atoms with E-state index in [0.717, 1.165) is 35.1 Å². The Morgan fingerprint density at radius 2 is 0.884 bits per heavy atom. The molecule has 0 spiro atoms. The molecule has 0 aromatic heterocycles. The molecule has 0 atom stereocenters. The van der Waals surface area contributed by atoms with Crippen molar-refractivity contribution in [2.24, 2.45) is 20.6 Å². The molecule has 0 radical (unpaired) electrons. The second-order valence-corrected chi connectivity index (χ2v) is 9.87. The fourth-order valence-electron chi connectivity index (χ4n) is 5.03. The Balaban J connectivity index is 2.21. The van der Waals surface area contributed by atoms with Gasteiger partial charge in [0.15, 0.2) is 0 Å². The van der Waals surface area contributed by atoms with Crippen molar-refractivity contribution < 1.29 is 38.5 Å². The Morgan fingerprint density at radius 1 is 0.558 bits per heavy atom. The van der Waals surface area contributed by atoms with Gasteiger partial charge >= 0.3 is 23.9 Å². The van der Waals surface area contributed by atoms with E-state index in [1.807, 2.05) is 36.4 Å². The molecule has 0 amide bonds. The summed E-state index contributed by atoms with van der Waals surface area (Å²) in [7, 11) is 0. The highest BCUT2D eigenvalue weighted by Gasteiger charge is 2.41. The second-order valence-electron chi connectivity index (χ2n) is 9.87. The molecule has 1 aliphatic carbocycles. The maximum Gasteiger partial charge on any atom is 0.332 e. The van der Waals surface area contributed by atoms with Gasteiger partial charge in [0.05, 0.1) is 0 Å². The summed E-state index contributed by atoms with van der Waals surface area (Å²) in [5.41, 5.74) is 5.72. The van der Waals surface area contributed by atoms with Crippen molar-refractivity contribution in [3.05, 3.63) is 58.7 Å². The van der Waals surface area contributed by atoms with E-state index >= 15 is 0 Å². The molecule has 0 saturated carbocycles. The molecule has 2 aromatic rings. The van der Waals surface area contributed by atoms with Gasteiger partial charge in [-0.3, -0.25) is 0 Å².